The summed E-state index contributed by atoms with van der Waals surface area (Å²) >= 11 is 1.67. The summed E-state index contributed by atoms with van der Waals surface area (Å²) in [5.74, 6) is 0.574. The molecular formula is C15H20N2O4S. The normalized spacial score (nSPS) is 32.3. The molecule has 2 aliphatic rings. The average molecular weight is 324 g/mol. The molecule has 1 aliphatic heterocycles. The molecule has 0 aromatic heterocycles. The molecule has 0 radical (unpaired) electrons. The highest BCUT2D eigenvalue weighted by molar-refractivity contribution is 7.98. The maximum Gasteiger partial charge on any atom is 0.269 e. The molecule has 1 aromatic rings. The molecule has 1 saturated heterocycles. The van der Waals surface area contributed by atoms with Gasteiger partial charge in [0.25, 0.3) is 5.69 Å². The van der Waals surface area contributed by atoms with Crippen molar-refractivity contribution in [3.63, 3.8) is 0 Å². The number of benzene rings is 1. The van der Waals surface area contributed by atoms with Crippen LogP contribution in [0.3, 0.4) is 0 Å². The van der Waals surface area contributed by atoms with E-state index in [0.717, 1.165) is 12.8 Å². The fraction of sp³-hybridized carbons (Fsp3) is 0.600. The van der Waals surface area contributed by atoms with E-state index >= 15 is 0 Å². The van der Waals surface area contributed by atoms with Crippen LogP contribution >= 0.6 is 11.9 Å². The summed E-state index contributed by atoms with van der Waals surface area (Å²) < 4.78 is 7.81. The van der Waals surface area contributed by atoms with Gasteiger partial charge >= 0.3 is 0 Å². The van der Waals surface area contributed by atoms with Gasteiger partial charge in [-0.3, -0.25) is 10.1 Å². The quantitative estimate of drug-likeness (QED) is 0.477. The predicted octanol–water partition coefficient (Wildman–Crippen LogP) is 3.92. The Balaban J connectivity index is 1.68. The van der Waals surface area contributed by atoms with Crippen molar-refractivity contribution in [3.05, 3.63) is 34.4 Å². The Morgan fingerprint density at radius 2 is 1.95 bits per heavy atom. The Morgan fingerprint density at radius 3 is 2.64 bits per heavy atom. The number of non-ortho nitro benzene ring substituents is 1. The second kappa shape index (κ2) is 5.72. The van der Waals surface area contributed by atoms with Crippen molar-refractivity contribution >= 4 is 17.6 Å². The van der Waals surface area contributed by atoms with Crippen LogP contribution in [0.1, 0.15) is 39.5 Å². The lowest BCUT2D eigenvalue weighted by atomic mass is 9.76. The average Bonchev–Trinajstić information content (AvgIpc) is 2.48. The monoisotopic (exact) mass is 324 g/mol. The van der Waals surface area contributed by atoms with Crippen molar-refractivity contribution < 1.29 is 14.5 Å². The van der Waals surface area contributed by atoms with Gasteiger partial charge in [-0.05, 0) is 50.8 Å². The van der Waals surface area contributed by atoms with Gasteiger partial charge < -0.3 is 9.57 Å². The molecule has 2 unspecified atom stereocenters. The first-order chi connectivity index (χ1) is 10.4. The van der Waals surface area contributed by atoms with Gasteiger partial charge in [0.2, 0.25) is 0 Å². The standard InChI is InChI=1S/C15H20N2O4S/c1-14-9-3-4-10-15(14,2)22-16(11-20-14)21-13-7-5-12(6-8-13)17(18)19/h5-8H,3-4,9-11H2,1-2H3. The molecule has 2 fully saturated rings. The molecule has 6 nitrogen and oxygen atoms in total. The highest BCUT2D eigenvalue weighted by Gasteiger charge is 2.52. The van der Waals surface area contributed by atoms with Gasteiger partial charge in [-0.1, -0.05) is 17.3 Å². The van der Waals surface area contributed by atoms with Crippen LogP contribution in [0, 0.1) is 10.1 Å². The van der Waals surface area contributed by atoms with Gasteiger partial charge in [0.05, 0.1) is 15.3 Å². The van der Waals surface area contributed by atoms with Crippen LogP contribution in [0.15, 0.2) is 24.3 Å². The Labute approximate surface area is 134 Å². The van der Waals surface area contributed by atoms with E-state index in [1.807, 2.05) is 0 Å². The first kappa shape index (κ1) is 15.6. The zero-order valence-corrected chi connectivity index (χ0v) is 13.6. The minimum Gasteiger partial charge on any atom is -0.393 e. The van der Waals surface area contributed by atoms with Gasteiger partial charge in [-0.15, -0.1) is 0 Å². The summed E-state index contributed by atoms with van der Waals surface area (Å²) in [5, 5.41) is 10.7. The number of nitro groups is 1. The lowest BCUT2D eigenvalue weighted by Crippen LogP contribution is -2.58. The number of nitro benzene ring substituents is 1. The van der Waals surface area contributed by atoms with E-state index in [4.69, 9.17) is 9.57 Å². The van der Waals surface area contributed by atoms with Gasteiger partial charge in [-0.2, -0.15) is 0 Å². The van der Waals surface area contributed by atoms with E-state index in [1.165, 1.54) is 25.0 Å². The van der Waals surface area contributed by atoms with Crippen LogP contribution < -0.4 is 4.84 Å². The minimum atomic E-state index is -0.420. The third-order valence-electron chi connectivity index (χ3n) is 4.72. The highest BCUT2D eigenvalue weighted by Crippen LogP contribution is 2.52. The van der Waals surface area contributed by atoms with E-state index in [0.29, 0.717) is 12.5 Å². The lowest BCUT2D eigenvalue weighted by molar-refractivity contribution is -0.384. The predicted molar refractivity (Wildman–Crippen MR) is 84.4 cm³/mol. The van der Waals surface area contributed by atoms with Crippen LogP contribution in [-0.4, -0.2) is 26.5 Å². The van der Waals surface area contributed by atoms with Crippen LogP contribution in [0.2, 0.25) is 0 Å². The third-order valence-corrected chi connectivity index (χ3v) is 6.15. The van der Waals surface area contributed by atoms with Gasteiger partial charge in [0, 0.05) is 12.1 Å². The molecule has 1 heterocycles. The van der Waals surface area contributed by atoms with Crippen LogP contribution in [-0.2, 0) is 4.74 Å². The zero-order chi connectivity index (χ0) is 15.8. The number of hydroxylamine groups is 1. The minimum absolute atomic E-state index is 0.00965. The topological polar surface area (TPSA) is 64.8 Å². The van der Waals surface area contributed by atoms with Crippen molar-refractivity contribution in [2.45, 2.75) is 49.9 Å². The second-order valence-corrected chi connectivity index (χ2v) is 7.70. The van der Waals surface area contributed by atoms with E-state index in [-0.39, 0.29) is 16.0 Å². The molecule has 0 N–H and O–H groups in total. The number of rotatable bonds is 3. The van der Waals surface area contributed by atoms with Crippen LogP contribution in [0.4, 0.5) is 5.69 Å². The fourth-order valence-corrected chi connectivity index (χ4v) is 4.33. The largest absolute Gasteiger partial charge is 0.393 e. The fourth-order valence-electron chi connectivity index (χ4n) is 3.06. The first-order valence-electron chi connectivity index (χ1n) is 7.45. The highest BCUT2D eigenvalue weighted by atomic mass is 32.2. The maximum absolute atomic E-state index is 10.7. The van der Waals surface area contributed by atoms with Crippen LogP contribution in [0.25, 0.3) is 0 Å². The number of nitrogens with zero attached hydrogens (tertiary/aromatic N) is 2. The summed E-state index contributed by atoms with van der Waals surface area (Å²) in [6.07, 6.45) is 4.57. The zero-order valence-electron chi connectivity index (χ0n) is 12.8. The third kappa shape index (κ3) is 2.80. The molecule has 0 amide bonds. The molecule has 3 rings (SSSR count). The van der Waals surface area contributed by atoms with E-state index < -0.39 is 4.92 Å². The summed E-state index contributed by atoms with van der Waals surface area (Å²) in [7, 11) is 0. The summed E-state index contributed by atoms with van der Waals surface area (Å²) in [6, 6.07) is 6.10. The lowest BCUT2D eigenvalue weighted by Gasteiger charge is -2.53. The molecule has 120 valence electrons. The molecule has 2 atom stereocenters. The first-order valence-corrected chi connectivity index (χ1v) is 8.22. The Kier molecular flexibility index (Phi) is 4.05. The van der Waals surface area contributed by atoms with Gasteiger partial charge in [-0.25, -0.2) is 0 Å². The van der Waals surface area contributed by atoms with Crippen molar-refractivity contribution in [2.75, 3.05) is 6.73 Å². The molecule has 22 heavy (non-hydrogen) atoms. The maximum atomic E-state index is 10.7. The van der Waals surface area contributed by atoms with Gasteiger partial charge in [0.1, 0.15) is 12.5 Å². The Morgan fingerprint density at radius 1 is 1.27 bits per heavy atom. The summed E-state index contributed by atoms with van der Waals surface area (Å²) in [5.41, 5.74) is -0.0626. The second-order valence-electron chi connectivity index (χ2n) is 6.21. The van der Waals surface area contributed by atoms with E-state index in [2.05, 4.69) is 13.8 Å². The summed E-state index contributed by atoms with van der Waals surface area (Å²) in [6.45, 7) is 4.79. The molecule has 0 spiro atoms. The number of hydrogen-bond donors (Lipinski definition) is 0. The molecule has 1 saturated carbocycles. The Hall–Kier alpha value is -1.31. The van der Waals surface area contributed by atoms with Crippen molar-refractivity contribution in [1.29, 1.82) is 0 Å². The Bertz CT molecular complexity index is 567. The van der Waals surface area contributed by atoms with E-state index in [9.17, 15) is 10.1 Å². The number of ether oxygens (including phenoxy) is 1. The molecular weight excluding hydrogens is 304 g/mol. The number of fused-ring (bicyclic) bond motifs is 1. The molecule has 1 aliphatic carbocycles. The van der Waals surface area contributed by atoms with Crippen molar-refractivity contribution in [3.8, 4) is 5.75 Å². The summed E-state index contributed by atoms with van der Waals surface area (Å²) in [4.78, 5) is 16.0. The SMILES string of the molecule is CC12CCCCC1(C)SN(Oc1ccc([N+](=O)[O-])cc1)CO2. The van der Waals surface area contributed by atoms with Crippen LogP contribution in [0.5, 0.6) is 5.75 Å². The molecule has 0 bridgehead atoms. The van der Waals surface area contributed by atoms with Crippen molar-refractivity contribution in [1.82, 2.24) is 4.47 Å². The molecule has 1 aromatic carbocycles. The molecule has 7 heteroatoms. The van der Waals surface area contributed by atoms with E-state index in [1.54, 1.807) is 28.5 Å². The van der Waals surface area contributed by atoms with Gasteiger partial charge in [0.15, 0.2) is 0 Å². The van der Waals surface area contributed by atoms with Crippen molar-refractivity contribution in [2.24, 2.45) is 0 Å². The smallest absolute Gasteiger partial charge is 0.269 e. The number of hydrogen-bond acceptors (Lipinski definition) is 6.